The summed E-state index contributed by atoms with van der Waals surface area (Å²) in [5, 5.41) is 7.81. The molecule has 2 N–H and O–H groups in total. The molecule has 24 heavy (non-hydrogen) atoms. The van der Waals surface area contributed by atoms with Gasteiger partial charge in [-0.15, -0.1) is 11.3 Å². The summed E-state index contributed by atoms with van der Waals surface area (Å²) in [5.41, 5.74) is 1.04. The van der Waals surface area contributed by atoms with Gasteiger partial charge in [0.05, 0.1) is 17.2 Å². The molecule has 1 fully saturated rings. The van der Waals surface area contributed by atoms with Gasteiger partial charge in [-0.05, 0) is 26.7 Å². The molecule has 1 aliphatic rings. The monoisotopic (exact) mass is 353 g/mol. The van der Waals surface area contributed by atoms with Crippen LogP contribution in [0.25, 0.3) is 0 Å². The van der Waals surface area contributed by atoms with Gasteiger partial charge in [-0.25, -0.2) is 9.98 Å². The molecule has 0 saturated carbocycles. The minimum absolute atomic E-state index is 0.0205. The lowest BCUT2D eigenvalue weighted by Crippen LogP contribution is -2.45. The van der Waals surface area contributed by atoms with E-state index >= 15 is 0 Å². The van der Waals surface area contributed by atoms with Crippen molar-refractivity contribution in [1.29, 1.82) is 0 Å². The van der Waals surface area contributed by atoms with E-state index in [0.717, 1.165) is 36.8 Å². The number of likely N-dealkylation sites (N-methyl/N-ethyl adjacent to an activating group) is 1. The number of guanidine groups is 1. The zero-order valence-corrected chi connectivity index (χ0v) is 15.7. The molecule has 0 spiro atoms. The van der Waals surface area contributed by atoms with E-state index in [4.69, 9.17) is 4.74 Å². The molecule has 1 aromatic rings. The summed E-state index contributed by atoms with van der Waals surface area (Å²) in [6.07, 6.45) is 1.89. The number of aryl methyl sites for hydroxylation is 2. The predicted molar refractivity (Wildman–Crippen MR) is 96.4 cm³/mol. The number of hydrogen-bond acceptors (Lipinski definition) is 5. The molecule has 1 aliphatic heterocycles. The van der Waals surface area contributed by atoms with Gasteiger partial charge in [0.2, 0.25) is 5.91 Å². The minimum Gasteiger partial charge on any atom is -0.381 e. The van der Waals surface area contributed by atoms with Crippen LogP contribution in [0, 0.1) is 13.8 Å². The van der Waals surface area contributed by atoms with Crippen LogP contribution in [0.3, 0.4) is 0 Å². The van der Waals surface area contributed by atoms with E-state index in [2.05, 4.69) is 20.6 Å². The topological polar surface area (TPSA) is 78.9 Å². The molecule has 0 unspecified atom stereocenters. The van der Waals surface area contributed by atoms with Crippen molar-refractivity contribution >= 4 is 23.2 Å². The van der Waals surface area contributed by atoms with Crippen molar-refractivity contribution in [2.45, 2.75) is 39.3 Å². The van der Waals surface area contributed by atoms with Crippen molar-refractivity contribution in [3.63, 3.8) is 0 Å². The summed E-state index contributed by atoms with van der Waals surface area (Å²) in [4.78, 5) is 23.4. The Morgan fingerprint density at radius 1 is 1.38 bits per heavy atom. The van der Waals surface area contributed by atoms with Gasteiger partial charge >= 0.3 is 0 Å². The van der Waals surface area contributed by atoms with E-state index in [1.165, 1.54) is 4.88 Å². The first-order valence-electron chi connectivity index (χ1n) is 8.21. The fourth-order valence-corrected chi connectivity index (χ4v) is 3.25. The van der Waals surface area contributed by atoms with E-state index in [1.807, 2.05) is 13.8 Å². The van der Waals surface area contributed by atoms with E-state index in [-0.39, 0.29) is 12.5 Å². The summed E-state index contributed by atoms with van der Waals surface area (Å²) in [5.74, 6) is 0.649. The smallest absolute Gasteiger partial charge is 0.243 e. The molecule has 0 atom stereocenters. The lowest BCUT2D eigenvalue weighted by atomic mass is 10.1. The van der Waals surface area contributed by atoms with Crippen LogP contribution in [-0.4, -0.2) is 61.6 Å². The number of carbonyl (C=O) groups excluding carboxylic acids is 1. The third kappa shape index (κ3) is 5.76. The number of carbonyl (C=O) groups is 1. The summed E-state index contributed by atoms with van der Waals surface area (Å²) in [6, 6.07) is 0.323. The molecule has 8 heteroatoms. The zero-order chi connectivity index (χ0) is 17.5. The number of aliphatic imine (C=N–C) groups is 1. The molecule has 134 valence electrons. The number of thiazole rings is 1. The van der Waals surface area contributed by atoms with Gasteiger partial charge < -0.3 is 20.3 Å². The first kappa shape index (κ1) is 18.7. The molecule has 0 bridgehead atoms. The normalized spacial score (nSPS) is 16.1. The van der Waals surface area contributed by atoms with Crippen LogP contribution in [0.4, 0.5) is 0 Å². The Morgan fingerprint density at radius 3 is 2.67 bits per heavy atom. The van der Waals surface area contributed by atoms with Crippen LogP contribution in [0.1, 0.15) is 28.4 Å². The summed E-state index contributed by atoms with van der Waals surface area (Å²) < 4.78 is 5.39. The number of nitrogens with one attached hydrogen (secondary N) is 2. The number of nitrogens with zero attached hydrogens (tertiary/aromatic N) is 3. The lowest BCUT2D eigenvalue weighted by molar-refractivity contribution is -0.127. The van der Waals surface area contributed by atoms with Crippen molar-refractivity contribution in [2.75, 3.05) is 33.9 Å². The lowest BCUT2D eigenvalue weighted by Gasteiger charge is -2.25. The first-order valence-corrected chi connectivity index (χ1v) is 9.03. The molecule has 7 nitrogen and oxygen atoms in total. The summed E-state index contributed by atoms with van der Waals surface area (Å²) in [6.45, 7) is 6.32. The van der Waals surface area contributed by atoms with Gasteiger partial charge in [0, 0.05) is 38.2 Å². The summed E-state index contributed by atoms with van der Waals surface area (Å²) in [7, 11) is 3.47. The van der Waals surface area contributed by atoms with Crippen molar-refractivity contribution in [1.82, 2.24) is 20.5 Å². The zero-order valence-electron chi connectivity index (χ0n) is 14.9. The van der Waals surface area contributed by atoms with Crippen molar-refractivity contribution in [3.8, 4) is 0 Å². The third-order valence-corrected chi connectivity index (χ3v) is 4.92. The Hall–Kier alpha value is -1.67. The number of rotatable bonds is 5. The van der Waals surface area contributed by atoms with Crippen LogP contribution in [0.2, 0.25) is 0 Å². The number of ether oxygens (including phenoxy) is 1. The highest BCUT2D eigenvalue weighted by molar-refractivity contribution is 7.11. The molecular weight excluding hydrogens is 326 g/mol. The maximum atomic E-state index is 11.8. The fraction of sp³-hybridized carbons (Fsp3) is 0.688. The van der Waals surface area contributed by atoms with Gasteiger partial charge in [0.1, 0.15) is 6.54 Å². The van der Waals surface area contributed by atoms with Crippen molar-refractivity contribution in [3.05, 3.63) is 15.6 Å². The second-order valence-electron chi connectivity index (χ2n) is 6.08. The van der Waals surface area contributed by atoms with Crippen molar-refractivity contribution in [2.24, 2.45) is 4.99 Å². The van der Waals surface area contributed by atoms with Gasteiger partial charge in [0.15, 0.2) is 5.96 Å². The van der Waals surface area contributed by atoms with Crippen molar-refractivity contribution < 1.29 is 9.53 Å². The maximum absolute atomic E-state index is 11.8. The second kappa shape index (κ2) is 8.98. The quantitative estimate of drug-likeness (QED) is 0.611. The minimum atomic E-state index is -0.0205. The van der Waals surface area contributed by atoms with E-state index < -0.39 is 0 Å². The molecule has 0 aliphatic carbocycles. The SMILES string of the molecule is Cc1nc(C)c(CNC(=NCC(=O)N(C)C)NC2CCOCC2)s1. The number of aromatic nitrogens is 1. The van der Waals surface area contributed by atoms with Gasteiger partial charge in [-0.2, -0.15) is 0 Å². The standard InChI is InChI=1S/C16H27N5O2S/c1-11-14(24-12(2)19-11)9-17-16(18-10-15(22)21(3)4)20-13-5-7-23-8-6-13/h13H,5-10H2,1-4H3,(H2,17,18,20). The van der Waals surface area contributed by atoms with Gasteiger partial charge in [0.25, 0.3) is 0 Å². The highest BCUT2D eigenvalue weighted by atomic mass is 32.1. The predicted octanol–water partition coefficient (Wildman–Crippen LogP) is 1.06. The average Bonchev–Trinajstić information content (AvgIpc) is 2.88. The molecular formula is C16H27N5O2S. The number of amides is 1. The van der Waals surface area contributed by atoms with Gasteiger partial charge in [-0.1, -0.05) is 0 Å². The average molecular weight is 353 g/mol. The van der Waals surface area contributed by atoms with E-state index in [9.17, 15) is 4.79 Å². The maximum Gasteiger partial charge on any atom is 0.243 e. The Bertz CT molecular complexity index is 579. The molecule has 1 aromatic heterocycles. The van der Waals surface area contributed by atoms with Crippen LogP contribution in [-0.2, 0) is 16.1 Å². The van der Waals surface area contributed by atoms with Crippen LogP contribution < -0.4 is 10.6 Å². The second-order valence-corrected chi connectivity index (χ2v) is 7.37. The molecule has 0 aromatic carbocycles. The number of hydrogen-bond donors (Lipinski definition) is 2. The third-order valence-electron chi connectivity index (χ3n) is 3.85. The fourth-order valence-electron chi connectivity index (χ4n) is 2.38. The highest BCUT2D eigenvalue weighted by Crippen LogP contribution is 2.16. The first-order chi connectivity index (χ1) is 11.5. The van der Waals surface area contributed by atoms with Crippen LogP contribution >= 0.6 is 11.3 Å². The summed E-state index contributed by atoms with van der Waals surface area (Å²) >= 11 is 1.68. The van der Waals surface area contributed by atoms with E-state index in [1.54, 1.807) is 30.3 Å². The van der Waals surface area contributed by atoms with Gasteiger partial charge in [-0.3, -0.25) is 4.79 Å². The largest absolute Gasteiger partial charge is 0.381 e. The Labute approximate surface area is 147 Å². The highest BCUT2D eigenvalue weighted by Gasteiger charge is 2.16. The Kier molecular flexibility index (Phi) is 6.99. The van der Waals surface area contributed by atoms with Crippen LogP contribution in [0.15, 0.2) is 4.99 Å². The molecule has 2 rings (SSSR count). The molecule has 2 heterocycles. The molecule has 1 amide bonds. The molecule has 0 radical (unpaired) electrons. The molecule has 1 saturated heterocycles. The Balaban J connectivity index is 1.99. The van der Waals surface area contributed by atoms with E-state index in [0.29, 0.717) is 18.5 Å². The van der Waals surface area contributed by atoms with Crippen LogP contribution in [0.5, 0.6) is 0 Å². The Morgan fingerprint density at radius 2 is 2.08 bits per heavy atom.